The zero-order chi connectivity index (χ0) is 38.0. The fourth-order valence-corrected chi connectivity index (χ4v) is 4.89. The second kappa shape index (κ2) is 22.7. The molecule has 0 bridgehead atoms. The van der Waals surface area contributed by atoms with Crippen LogP contribution in [0.3, 0.4) is 0 Å². The summed E-state index contributed by atoms with van der Waals surface area (Å²) in [6.07, 6.45) is -0.627. The highest BCUT2D eigenvalue weighted by molar-refractivity contribution is 5.96. The number of aliphatic hydroxyl groups excluding tert-OH is 1. The van der Waals surface area contributed by atoms with E-state index in [0.29, 0.717) is 19.4 Å². The zero-order valence-corrected chi connectivity index (χ0v) is 29.8. The lowest BCUT2D eigenvalue weighted by molar-refractivity contribution is -0.143. The molecule has 0 unspecified atom stereocenters. The third-order valence-electron chi connectivity index (χ3n) is 7.38. The monoisotopic (exact) mass is 701 g/mol. The van der Waals surface area contributed by atoms with Crippen molar-refractivity contribution in [3.05, 3.63) is 0 Å². The SMILES string of the molecule is CC(C)C[C@H](NC(=O)[C@H](CCCCN)NC(=O)[C@H](CC(C)C)NC(=O)[C@@H](NC(=O)[C@H](CC(C)C)NC(=O)[C@@H](N)CC(=O)O)[C@@H](C)O)C(=O)O. The number of aliphatic hydroxyl groups is 1. The topological polar surface area (TPSA) is 292 Å². The molecule has 17 heteroatoms. The first-order valence-electron chi connectivity index (χ1n) is 16.8. The lowest BCUT2D eigenvalue weighted by Gasteiger charge is -2.29. The molecule has 0 saturated heterocycles. The Labute approximate surface area is 288 Å². The Bertz CT molecular complexity index is 1120. The highest BCUT2D eigenvalue weighted by Gasteiger charge is 2.35. The molecule has 0 saturated carbocycles. The number of carbonyl (C=O) groups is 7. The van der Waals surface area contributed by atoms with E-state index in [2.05, 4.69) is 26.6 Å². The van der Waals surface area contributed by atoms with Crippen LogP contribution in [0.5, 0.6) is 0 Å². The van der Waals surface area contributed by atoms with E-state index >= 15 is 0 Å². The summed E-state index contributed by atoms with van der Waals surface area (Å²) in [5.41, 5.74) is 11.2. The number of nitrogens with two attached hydrogens (primary N) is 2. The van der Waals surface area contributed by atoms with Gasteiger partial charge >= 0.3 is 11.9 Å². The fraction of sp³-hybridized carbons (Fsp3) is 0.781. The molecule has 0 fully saturated rings. The van der Waals surface area contributed by atoms with E-state index in [0.717, 1.165) is 0 Å². The normalized spacial score (nSPS) is 15.7. The molecule has 0 aliphatic heterocycles. The molecular weight excluding hydrogens is 642 g/mol. The van der Waals surface area contributed by atoms with Crippen molar-refractivity contribution in [2.45, 2.75) is 136 Å². The van der Waals surface area contributed by atoms with E-state index < -0.39 is 90.3 Å². The maximum absolute atomic E-state index is 13.6. The van der Waals surface area contributed by atoms with Crippen LogP contribution in [0.4, 0.5) is 0 Å². The zero-order valence-electron chi connectivity index (χ0n) is 29.8. The Kier molecular flexibility index (Phi) is 21.0. The molecule has 49 heavy (non-hydrogen) atoms. The van der Waals surface area contributed by atoms with Crippen LogP contribution >= 0.6 is 0 Å². The molecular formula is C32H59N7O10. The van der Waals surface area contributed by atoms with E-state index in [1.807, 2.05) is 13.8 Å². The highest BCUT2D eigenvalue weighted by atomic mass is 16.4. The van der Waals surface area contributed by atoms with Crippen molar-refractivity contribution in [2.24, 2.45) is 29.2 Å². The second-order valence-electron chi connectivity index (χ2n) is 13.7. The minimum absolute atomic E-state index is 0.0360. The van der Waals surface area contributed by atoms with E-state index in [1.54, 1.807) is 27.7 Å². The highest BCUT2D eigenvalue weighted by Crippen LogP contribution is 2.11. The van der Waals surface area contributed by atoms with Crippen LogP contribution in [0.15, 0.2) is 0 Å². The van der Waals surface area contributed by atoms with Crippen molar-refractivity contribution in [2.75, 3.05) is 6.54 Å². The standard InChI is InChI=1S/C32H59N7O10/c1-16(2)12-22(29(45)35-21(10-8-9-11-33)28(44)38-24(32(48)49)14-18(5)6)37-31(47)26(19(7)40)39-30(46)23(13-17(3)4)36-27(43)20(34)15-25(41)42/h16-24,26,40H,8-15,33-34H2,1-7H3,(H,35,45)(H,36,43)(H,37,47)(H,38,44)(H,39,46)(H,41,42)(H,48,49)/t19-,20+,21+,22+,23+,24+,26+/m1/s1. The van der Waals surface area contributed by atoms with E-state index in [-0.39, 0.29) is 43.4 Å². The summed E-state index contributed by atoms with van der Waals surface area (Å²) in [7, 11) is 0. The molecule has 0 aromatic heterocycles. The second-order valence-corrected chi connectivity index (χ2v) is 13.7. The average molecular weight is 702 g/mol. The van der Waals surface area contributed by atoms with Gasteiger partial charge in [0, 0.05) is 0 Å². The number of hydrogen-bond donors (Lipinski definition) is 10. The van der Waals surface area contributed by atoms with Gasteiger partial charge in [-0.2, -0.15) is 0 Å². The van der Waals surface area contributed by atoms with Crippen molar-refractivity contribution in [3.8, 4) is 0 Å². The molecule has 0 aromatic rings. The molecule has 0 rings (SSSR count). The van der Waals surface area contributed by atoms with Gasteiger partial charge < -0.3 is 53.4 Å². The average Bonchev–Trinajstić information content (AvgIpc) is 2.96. The number of rotatable bonds is 24. The third-order valence-corrected chi connectivity index (χ3v) is 7.38. The number of unbranched alkanes of at least 4 members (excludes halogenated alkanes) is 1. The summed E-state index contributed by atoms with van der Waals surface area (Å²) in [4.78, 5) is 88.8. The lowest BCUT2D eigenvalue weighted by atomic mass is 9.99. The Morgan fingerprint density at radius 1 is 0.571 bits per heavy atom. The summed E-state index contributed by atoms with van der Waals surface area (Å²) in [5, 5.41) is 41.5. The molecule has 5 amide bonds. The lowest BCUT2D eigenvalue weighted by Crippen LogP contribution is -2.61. The predicted molar refractivity (Wildman–Crippen MR) is 180 cm³/mol. The first-order chi connectivity index (χ1) is 22.7. The van der Waals surface area contributed by atoms with Crippen molar-refractivity contribution in [3.63, 3.8) is 0 Å². The predicted octanol–water partition coefficient (Wildman–Crippen LogP) is -1.05. The van der Waals surface area contributed by atoms with E-state index in [1.165, 1.54) is 6.92 Å². The Morgan fingerprint density at radius 3 is 1.41 bits per heavy atom. The smallest absolute Gasteiger partial charge is 0.326 e. The molecule has 0 aliphatic rings. The minimum atomic E-state index is -1.58. The van der Waals surface area contributed by atoms with Crippen LogP contribution in [0, 0.1) is 17.8 Å². The Hall–Kier alpha value is -3.83. The quantitative estimate of drug-likeness (QED) is 0.0539. The number of carboxylic acid groups (broad SMARTS) is 2. The van der Waals surface area contributed by atoms with Gasteiger partial charge in [0.1, 0.15) is 30.2 Å². The van der Waals surface area contributed by atoms with Gasteiger partial charge in [0.25, 0.3) is 0 Å². The van der Waals surface area contributed by atoms with Gasteiger partial charge in [-0.05, 0) is 69.7 Å². The Balaban J connectivity index is 6.07. The van der Waals surface area contributed by atoms with Crippen LogP contribution in [-0.4, -0.2) is 106 Å². The maximum atomic E-state index is 13.6. The van der Waals surface area contributed by atoms with Gasteiger partial charge in [-0.3, -0.25) is 28.8 Å². The van der Waals surface area contributed by atoms with Crippen LogP contribution < -0.4 is 38.1 Å². The summed E-state index contributed by atoms with van der Waals surface area (Å²) in [6.45, 7) is 12.3. The summed E-state index contributed by atoms with van der Waals surface area (Å²) < 4.78 is 0. The Morgan fingerprint density at radius 2 is 0.980 bits per heavy atom. The van der Waals surface area contributed by atoms with Crippen LogP contribution in [0.25, 0.3) is 0 Å². The number of hydrogen-bond acceptors (Lipinski definition) is 10. The third kappa shape index (κ3) is 18.5. The first-order valence-corrected chi connectivity index (χ1v) is 16.8. The van der Waals surface area contributed by atoms with Gasteiger partial charge in [0.15, 0.2) is 0 Å². The summed E-state index contributed by atoms with van der Waals surface area (Å²) >= 11 is 0. The van der Waals surface area contributed by atoms with Gasteiger partial charge in [-0.25, -0.2) is 4.79 Å². The molecule has 0 spiro atoms. The number of nitrogens with one attached hydrogen (secondary N) is 5. The molecule has 0 radical (unpaired) electrons. The number of aliphatic carboxylic acids is 2. The molecule has 0 heterocycles. The van der Waals surface area contributed by atoms with Crippen molar-refractivity contribution >= 4 is 41.5 Å². The molecule has 17 nitrogen and oxygen atoms in total. The van der Waals surface area contributed by atoms with E-state index in [9.17, 15) is 43.8 Å². The number of carboxylic acids is 2. The van der Waals surface area contributed by atoms with Gasteiger partial charge in [-0.15, -0.1) is 0 Å². The number of carbonyl (C=O) groups excluding carboxylic acids is 5. The van der Waals surface area contributed by atoms with Crippen LogP contribution in [0.1, 0.15) is 93.4 Å². The minimum Gasteiger partial charge on any atom is -0.481 e. The van der Waals surface area contributed by atoms with Crippen LogP contribution in [-0.2, 0) is 33.6 Å². The largest absolute Gasteiger partial charge is 0.481 e. The summed E-state index contributed by atoms with van der Waals surface area (Å²) in [5.74, 6) is -6.93. The fourth-order valence-electron chi connectivity index (χ4n) is 4.89. The van der Waals surface area contributed by atoms with E-state index in [4.69, 9.17) is 16.6 Å². The van der Waals surface area contributed by atoms with Gasteiger partial charge in [0.05, 0.1) is 18.6 Å². The number of amides is 5. The first kappa shape index (κ1) is 45.2. The van der Waals surface area contributed by atoms with Crippen molar-refractivity contribution in [1.29, 1.82) is 0 Å². The molecule has 282 valence electrons. The molecule has 12 N–H and O–H groups in total. The van der Waals surface area contributed by atoms with Gasteiger partial charge in [0.2, 0.25) is 29.5 Å². The maximum Gasteiger partial charge on any atom is 0.326 e. The van der Waals surface area contributed by atoms with Gasteiger partial charge in [-0.1, -0.05) is 41.5 Å². The molecule has 0 aliphatic carbocycles. The van der Waals surface area contributed by atoms with Crippen molar-refractivity contribution in [1.82, 2.24) is 26.6 Å². The van der Waals surface area contributed by atoms with Crippen molar-refractivity contribution < 1.29 is 48.9 Å². The molecule has 0 aromatic carbocycles. The van der Waals surface area contributed by atoms with Crippen LogP contribution in [0.2, 0.25) is 0 Å². The molecule has 7 atom stereocenters. The summed E-state index contributed by atoms with van der Waals surface area (Å²) in [6, 6.07) is -7.78.